The number of aldehydes is 1. The lowest BCUT2D eigenvalue weighted by Gasteiger charge is -2.46. The Morgan fingerprint density at radius 3 is 2.64 bits per heavy atom. The van der Waals surface area contributed by atoms with E-state index < -0.39 is 0 Å². The Bertz CT molecular complexity index is 275. The van der Waals surface area contributed by atoms with Gasteiger partial charge in [0.05, 0.1) is 0 Å². The van der Waals surface area contributed by atoms with E-state index in [1.807, 2.05) is 0 Å². The lowest BCUT2D eigenvalue weighted by molar-refractivity contribution is -0.119. The zero-order valence-electron chi connectivity index (χ0n) is 9.42. The summed E-state index contributed by atoms with van der Waals surface area (Å²) in [7, 11) is 0. The molecule has 1 nitrogen and oxygen atoms in total. The Balaban J connectivity index is 2.25. The molecule has 0 heterocycles. The second kappa shape index (κ2) is 3.22. The van der Waals surface area contributed by atoms with E-state index in [1.54, 1.807) is 0 Å². The molecule has 3 unspecified atom stereocenters. The Labute approximate surface area is 86.6 Å². The van der Waals surface area contributed by atoms with Crippen LogP contribution < -0.4 is 0 Å². The number of hydrogen-bond acceptors (Lipinski definition) is 1. The summed E-state index contributed by atoms with van der Waals surface area (Å²) in [4.78, 5) is 11.1. The third-order valence-corrected chi connectivity index (χ3v) is 4.23. The van der Waals surface area contributed by atoms with Gasteiger partial charge in [-0.3, -0.25) is 0 Å². The molecule has 0 aliphatic heterocycles. The zero-order chi connectivity index (χ0) is 10.3. The normalized spacial score (nSPS) is 36.8. The van der Waals surface area contributed by atoms with Crippen molar-refractivity contribution < 1.29 is 4.79 Å². The molecule has 14 heavy (non-hydrogen) atoms. The minimum Gasteiger partial charge on any atom is -0.303 e. The van der Waals surface area contributed by atoms with E-state index in [1.165, 1.54) is 24.8 Å². The molecule has 0 N–H and O–H groups in total. The van der Waals surface area contributed by atoms with Gasteiger partial charge in [0.25, 0.3) is 0 Å². The van der Waals surface area contributed by atoms with Crippen LogP contribution in [0.4, 0.5) is 0 Å². The Hall–Kier alpha value is -0.590. The largest absolute Gasteiger partial charge is 0.303 e. The van der Waals surface area contributed by atoms with Crippen molar-refractivity contribution in [1.29, 1.82) is 0 Å². The van der Waals surface area contributed by atoms with Crippen LogP contribution in [0.25, 0.3) is 0 Å². The number of carbonyl (C=O) groups excluding carboxylic acids is 1. The van der Waals surface area contributed by atoms with Crippen LogP contribution in [0.15, 0.2) is 11.6 Å². The maximum atomic E-state index is 11.1. The minimum absolute atomic E-state index is 0.126. The summed E-state index contributed by atoms with van der Waals surface area (Å²) in [5.41, 5.74) is 1.41. The SMILES string of the molecule is CC1=CC2CCC1C(C(C)(C)C=O)C2. The van der Waals surface area contributed by atoms with Crippen molar-refractivity contribution in [1.82, 2.24) is 0 Å². The van der Waals surface area contributed by atoms with E-state index in [9.17, 15) is 4.79 Å². The topological polar surface area (TPSA) is 17.1 Å². The highest BCUT2D eigenvalue weighted by Gasteiger charge is 2.42. The van der Waals surface area contributed by atoms with Gasteiger partial charge in [-0.1, -0.05) is 25.5 Å². The molecule has 0 radical (unpaired) electrons. The predicted molar refractivity (Wildman–Crippen MR) is 57.9 cm³/mol. The summed E-state index contributed by atoms with van der Waals surface area (Å²) < 4.78 is 0. The average Bonchev–Trinajstić information content (AvgIpc) is 2.18. The first-order valence-corrected chi connectivity index (χ1v) is 5.69. The predicted octanol–water partition coefficient (Wildman–Crippen LogP) is 3.20. The number of allylic oxidation sites excluding steroid dienone is 2. The summed E-state index contributed by atoms with van der Waals surface area (Å²) in [5, 5.41) is 0. The van der Waals surface area contributed by atoms with Crippen LogP contribution in [0, 0.1) is 23.2 Å². The summed E-state index contributed by atoms with van der Waals surface area (Å²) in [5.74, 6) is 2.02. The number of hydrogen-bond donors (Lipinski definition) is 0. The molecule has 0 aromatic carbocycles. The van der Waals surface area contributed by atoms with Crippen molar-refractivity contribution in [2.75, 3.05) is 0 Å². The molecule has 0 aromatic heterocycles. The summed E-state index contributed by atoms with van der Waals surface area (Å²) in [6.45, 7) is 6.43. The minimum atomic E-state index is -0.126. The van der Waals surface area contributed by atoms with Crippen LogP contribution in [-0.4, -0.2) is 6.29 Å². The van der Waals surface area contributed by atoms with Crippen molar-refractivity contribution in [3.05, 3.63) is 11.6 Å². The quantitative estimate of drug-likeness (QED) is 0.485. The van der Waals surface area contributed by atoms with Crippen molar-refractivity contribution >= 4 is 6.29 Å². The number of fused-ring (bicyclic) bond motifs is 2. The van der Waals surface area contributed by atoms with E-state index in [0.29, 0.717) is 11.8 Å². The fraction of sp³-hybridized carbons (Fsp3) is 0.769. The number of rotatable bonds is 2. The van der Waals surface area contributed by atoms with Crippen molar-refractivity contribution in [3.63, 3.8) is 0 Å². The molecule has 3 aliphatic rings. The molecule has 0 spiro atoms. The van der Waals surface area contributed by atoms with Crippen LogP contribution in [0.2, 0.25) is 0 Å². The molecule has 0 aromatic rings. The molecule has 3 aliphatic carbocycles. The van der Waals surface area contributed by atoms with Gasteiger partial charge in [0, 0.05) is 5.41 Å². The third-order valence-electron chi connectivity index (χ3n) is 4.23. The molecule has 3 rings (SSSR count). The molecule has 78 valence electrons. The lowest BCUT2D eigenvalue weighted by atomic mass is 9.58. The standard InChI is InChI=1S/C13H20O/c1-9-6-10-4-5-11(9)12(7-10)13(2,3)8-14/h6,8,10-12H,4-5,7H2,1-3H3. The van der Waals surface area contributed by atoms with Gasteiger partial charge in [0.2, 0.25) is 0 Å². The van der Waals surface area contributed by atoms with Crippen LogP contribution in [0.3, 0.4) is 0 Å². The van der Waals surface area contributed by atoms with Crippen LogP contribution in [0.5, 0.6) is 0 Å². The van der Waals surface area contributed by atoms with Gasteiger partial charge in [0.15, 0.2) is 0 Å². The van der Waals surface area contributed by atoms with Gasteiger partial charge in [-0.05, 0) is 43.9 Å². The lowest BCUT2D eigenvalue weighted by Crippen LogP contribution is -2.40. The van der Waals surface area contributed by atoms with E-state index >= 15 is 0 Å². The van der Waals surface area contributed by atoms with E-state index in [4.69, 9.17) is 0 Å². The first-order chi connectivity index (χ1) is 6.54. The van der Waals surface area contributed by atoms with Crippen LogP contribution in [-0.2, 0) is 4.79 Å². The highest BCUT2D eigenvalue weighted by molar-refractivity contribution is 5.59. The Kier molecular flexibility index (Phi) is 2.29. The van der Waals surface area contributed by atoms with E-state index in [0.717, 1.165) is 12.2 Å². The maximum Gasteiger partial charge on any atom is 0.125 e. The molecular formula is C13H20O. The van der Waals surface area contributed by atoms with Crippen molar-refractivity contribution in [2.24, 2.45) is 23.2 Å². The van der Waals surface area contributed by atoms with Gasteiger partial charge in [-0.15, -0.1) is 0 Å². The van der Waals surface area contributed by atoms with Crippen LogP contribution in [0.1, 0.15) is 40.0 Å². The average molecular weight is 192 g/mol. The molecule has 3 atom stereocenters. The first kappa shape index (κ1) is 9.95. The Morgan fingerprint density at radius 1 is 1.43 bits per heavy atom. The molecule has 1 saturated carbocycles. The second-order valence-electron chi connectivity index (χ2n) is 5.64. The molecule has 1 fully saturated rings. The maximum absolute atomic E-state index is 11.1. The highest BCUT2D eigenvalue weighted by Crippen LogP contribution is 2.50. The van der Waals surface area contributed by atoms with E-state index in [-0.39, 0.29) is 5.41 Å². The van der Waals surface area contributed by atoms with Crippen molar-refractivity contribution in [2.45, 2.75) is 40.0 Å². The van der Waals surface area contributed by atoms with E-state index in [2.05, 4.69) is 26.8 Å². The molecule has 1 heteroatoms. The summed E-state index contributed by atoms with van der Waals surface area (Å²) in [6, 6.07) is 0. The van der Waals surface area contributed by atoms with Gasteiger partial charge < -0.3 is 4.79 Å². The van der Waals surface area contributed by atoms with Gasteiger partial charge >= 0.3 is 0 Å². The van der Waals surface area contributed by atoms with Gasteiger partial charge in [-0.25, -0.2) is 0 Å². The smallest absolute Gasteiger partial charge is 0.125 e. The monoisotopic (exact) mass is 192 g/mol. The van der Waals surface area contributed by atoms with Gasteiger partial charge in [0.1, 0.15) is 6.29 Å². The molecular weight excluding hydrogens is 172 g/mol. The molecule has 0 amide bonds. The third kappa shape index (κ3) is 1.43. The van der Waals surface area contributed by atoms with Crippen LogP contribution >= 0.6 is 0 Å². The fourth-order valence-electron chi connectivity index (χ4n) is 3.30. The fourth-order valence-corrected chi connectivity index (χ4v) is 3.30. The Morgan fingerprint density at radius 2 is 2.14 bits per heavy atom. The first-order valence-electron chi connectivity index (χ1n) is 5.69. The molecule has 0 saturated heterocycles. The van der Waals surface area contributed by atoms with Gasteiger partial charge in [-0.2, -0.15) is 0 Å². The molecule has 2 bridgehead atoms. The highest BCUT2D eigenvalue weighted by atomic mass is 16.1. The summed E-state index contributed by atoms with van der Waals surface area (Å²) in [6.07, 6.45) is 7.47. The van der Waals surface area contributed by atoms with Crippen molar-refractivity contribution in [3.8, 4) is 0 Å². The second-order valence-corrected chi connectivity index (χ2v) is 5.64. The summed E-state index contributed by atoms with van der Waals surface area (Å²) >= 11 is 0. The number of carbonyl (C=O) groups is 1. The zero-order valence-corrected chi connectivity index (χ0v) is 9.42.